The summed E-state index contributed by atoms with van der Waals surface area (Å²) in [6.45, 7) is 0. The zero-order chi connectivity index (χ0) is 18.4. The SMILES string of the molecule is COc1ccc(OC)c(CCC(=O)Nc2ccc(S(C)(=O)=O)cc2)c1. The zero-order valence-electron chi connectivity index (χ0n) is 14.4. The van der Waals surface area contributed by atoms with Crippen molar-refractivity contribution in [2.45, 2.75) is 17.7 Å². The summed E-state index contributed by atoms with van der Waals surface area (Å²) < 4.78 is 33.3. The first kappa shape index (κ1) is 18.8. The maximum atomic E-state index is 12.1. The van der Waals surface area contributed by atoms with Crippen LogP contribution in [0.15, 0.2) is 47.4 Å². The predicted molar refractivity (Wildman–Crippen MR) is 96.0 cm³/mol. The number of hydrogen-bond donors (Lipinski definition) is 1. The molecule has 0 saturated heterocycles. The van der Waals surface area contributed by atoms with Gasteiger partial charge in [0, 0.05) is 18.4 Å². The highest BCUT2D eigenvalue weighted by Gasteiger charge is 2.10. The number of aryl methyl sites for hydroxylation is 1. The summed E-state index contributed by atoms with van der Waals surface area (Å²) in [7, 11) is -0.0872. The maximum Gasteiger partial charge on any atom is 0.224 e. The minimum absolute atomic E-state index is 0.169. The molecular formula is C18H21NO5S. The van der Waals surface area contributed by atoms with E-state index in [0.29, 0.717) is 23.6 Å². The molecule has 134 valence electrons. The van der Waals surface area contributed by atoms with Crippen molar-refractivity contribution in [2.75, 3.05) is 25.8 Å². The summed E-state index contributed by atoms with van der Waals surface area (Å²) in [6, 6.07) is 11.5. The molecule has 0 bridgehead atoms. The summed E-state index contributed by atoms with van der Waals surface area (Å²) in [5.74, 6) is 1.23. The number of methoxy groups -OCH3 is 2. The van der Waals surface area contributed by atoms with Crippen LogP contribution < -0.4 is 14.8 Å². The molecule has 25 heavy (non-hydrogen) atoms. The average Bonchev–Trinajstić information content (AvgIpc) is 2.59. The van der Waals surface area contributed by atoms with E-state index in [1.54, 1.807) is 38.5 Å². The molecule has 6 nitrogen and oxygen atoms in total. The van der Waals surface area contributed by atoms with Crippen LogP contribution in [-0.4, -0.2) is 34.8 Å². The van der Waals surface area contributed by atoms with Gasteiger partial charge in [0.05, 0.1) is 19.1 Å². The van der Waals surface area contributed by atoms with Gasteiger partial charge in [-0.2, -0.15) is 0 Å². The number of sulfone groups is 1. The van der Waals surface area contributed by atoms with Crippen molar-refractivity contribution in [2.24, 2.45) is 0 Å². The van der Waals surface area contributed by atoms with E-state index in [4.69, 9.17) is 9.47 Å². The van der Waals surface area contributed by atoms with Crippen molar-refractivity contribution in [3.8, 4) is 11.5 Å². The topological polar surface area (TPSA) is 81.7 Å². The van der Waals surface area contributed by atoms with Crippen molar-refractivity contribution in [1.82, 2.24) is 0 Å². The van der Waals surface area contributed by atoms with Crippen LogP contribution in [0.1, 0.15) is 12.0 Å². The van der Waals surface area contributed by atoms with Crippen molar-refractivity contribution in [3.05, 3.63) is 48.0 Å². The number of rotatable bonds is 7. The van der Waals surface area contributed by atoms with Crippen LogP contribution in [0.3, 0.4) is 0 Å². The highest BCUT2D eigenvalue weighted by Crippen LogP contribution is 2.25. The van der Waals surface area contributed by atoms with E-state index in [9.17, 15) is 13.2 Å². The van der Waals surface area contributed by atoms with Crippen LogP contribution in [0.2, 0.25) is 0 Å². The number of benzene rings is 2. The molecule has 2 aromatic rings. The Kier molecular flexibility index (Phi) is 6.03. The Morgan fingerprint density at radius 3 is 2.28 bits per heavy atom. The molecule has 0 fully saturated rings. The third kappa shape index (κ3) is 5.22. The molecule has 0 aliphatic heterocycles. The van der Waals surface area contributed by atoms with E-state index in [0.717, 1.165) is 11.8 Å². The molecule has 0 aliphatic rings. The Morgan fingerprint density at radius 1 is 1.04 bits per heavy atom. The molecule has 0 spiro atoms. The van der Waals surface area contributed by atoms with Crippen LogP contribution >= 0.6 is 0 Å². The van der Waals surface area contributed by atoms with Gasteiger partial charge in [0.25, 0.3) is 0 Å². The molecule has 0 saturated carbocycles. The first-order chi connectivity index (χ1) is 11.8. The molecule has 0 radical (unpaired) electrons. The van der Waals surface area contributed by atoms with Gasteiger partial charge in [-0.05, 0) is 54.4 Å². The molecular weight excluding hydrogens is 342 g/mol. The van der Waals surface area contributed by atoms with Gasteiger partial charge in [-0.25, -0.2) is 8.42 Å². The molecule has 0 unspecified atom stereocenters. The van der Waals surface area contributed by atoms with E-state index in [2.05, 4.69) is 5.32 Å². The average molecular weight is 363 g/mol. The smallest absolute Gasteiger partial charge is 0.224 e. The Labute approximate surface area is 147 Å². The van der Waals surface area contributed by atoms with E-state index in [-0.39, 0.29) is 17.2 Å². The molecule has 0 heterocycles. The lowest BCUT2D eigenvalue weighted by molar-refractivity contribution is -0.116. The molecule has 2 aromatic carbocycles. The van der Waals surface area contributed by atoms with Gasteiger partial charge in [0.15, 0.2) is 9.84 Å². The van der Waals surface area contributed by atoms with Gasteiger partial charge in [0.2, 0.25) is 5.91 Å². The molecule has 2 rings (SSSR count). The minimum Gasteiger partial charge on any atom is -0.497 e. The first-order valence-corrected chi connectivity index (χ1v) is 9.53. The summed E-state index contributed by atoms with van der Waals surface area (Å²) in [4.78, 5) is 12.3. The van der Waals surface area contributed by atoms with Crippen LogP contribution in [0.5, 0.6) is 11.5 Å². The number of ether oxygens (including phenoxy) is 2. The number of carbonyl (C=O) groups excluding carboxylic acids is 1. The lowest BCUT2D eigenvalue weighted by Crippen LogP contribution is -2.12. The molecule has 0 aromatic heterocycles. The van der Waals surface area contributed by atoms with E-state index < -0.39 is 9.84 Å². The Balaban J connectivity index is 1.99. The second kappa shape index (κ2) is 8.02. The number of amides is 1. The van der Waals surface area contributed by atoms with Crippen LogP contribution in [0.25, 0.3) is 0 Å². The van der Waals surface area contributed by atoms with Crippen molar-refractivity contribution in [1.29, 1.82) is 0 Å². The predicted octanol–water partition coefficient (Wildman–Crippen LogP) is 2.68. The summed E-state index contributed by atoms with van der Waals surface area (Å²) in [5, 5.41) is 2.75. The quantitative estimate of drug-likeness (QED) is 0.818. The van der Waals surface area contributed by atoms with Crippen molar-refractivity contribution in [3.63, 3.8) is 0 Å². The number of anilines is 1. The fourth-order valence-electron chi connectivity index (χ4n) is 2.33. The Morgan fingerprint density at radius 2 is 1.72 bits per heavy atom. The first-order valence-electron chi connectivity index (χ1n) is 7.64. The monoisotopic (exact) mass is 363 g/mol. The van der Waals surface area contributed by atoms with Gasteiger partial charge in [-0.15, -0.1) is 0 Å². The minimum atomic E-state index is -3.25. The normalized spacial score (nSPS) is 11.0. The Hall–Kier alpha value is -2.54. The molecule has 0 aliphatic carbocycles. The standard InChI is InChI=1S/C18H21NO5S/c1-23-15-7-10-17(24-2)13(12-15)4-11-18(20)19-14-5-8-16(9-6-14)25(3,21)22/h5-10,12H,4,11H2,1-3H3,(H,19,20). The maximum absolute atomic E-state index is 12.1. The van der Waals surface area contributed by atoms with Gasteiger partial charge >= 0.3 is 0 Å². The van der Waals surface area contributed by atoms with E-state index >= 15 is 0 Å². The van der Waals surface area contributed by atoms with Crippen molar-refractivity contribution >= 4 is 21.4 Å². The van der Waals surface area contributed by atoms with Gasteiger partial charge in [-0.3, -0.25) is 4.79 Å². The molecule has 7 heteroatoms. The molecule has 1 N–H and O–H groups in total. The highest BCUT2D eigenvalue weighted by molar-refractivity contribution is 7.90. The van der Waals surface area contributed by atoms with Gasteiger partial charge < -0.3 is 14.8 Å². The van der Waals surface area contributed by atoms with Crippen LogP contribution in [0.4, 0.5) is 5.69 Å². The van der Waals surface area contributed by atoms with E-state index in [1.165, 1.54) is 12.1 Å². The third-order valence-electron chi connectivity index (χ3n) is 3.68. The third-order valence-corrected chi connectivity index (χ3v) is 4.80. The fourth-order valence-corrected chi connectivity index (χ4v) is 2.96. The summed E-state index contributed by atoms with van der Waals surface area (Å²) >= 11 is 0. The van der Waals surface area contributed by atoms with Gasteiger partial charge in [-0.1, -0.05) is 0 Å². The molecule has 0 atom stereocenters. The zero-order valence-corrected chi connectivity index (χ0v) is 15.2. The van der Waals surface area contributed by atoms with Crippen molar-refractivity contribution < 1.29 is 22.7 Å². The van der Waals surface area contributed by atoms with Crippen LogP contribution in [-0.2, 0) is 21.1 Å². The second-order valence-electron chi connectivity index (χ2n) is 5.52. The van der Waals surface area contributed by atoms with Crippen LogP contribution in [0, 0.1) is 0 Å². The van der Waals surface area contributed by atoms with E-state index in [1.807, 2.05) is 6.07 Å². The number of carbonyl (C=O) groups is 1. The lowest BCUT2D eigenvalue weighted by Gasteiger charge is -2.11. The highest BCUT2D eigenvalue weighted by atomic mass is 32.2. The van der Waals surface area contributed by atoms with Gasteiger partial charge in [0.1, 0.15) is 11.5 Å². The number of hydrogen-bond acceptors (Lipinski definition) is 5. The fraction of sp³-hybridized carbons (Fsp3) is 0.278. The Bertz CT molecular complexity index is 844. The summed E-state index contributed by atoms with van der Waals surface area (Å²) in [6.07, 6.45) is 1.90. The largest absolute Gasteiger partial charge is 0.497 e. The lowest BCUT2D eigenvalue weighted by atomic mass is 10.1. The number of nitrogens with one attached hydrogen (secondary N) is 1. The molecule has 1 amide bonds. The second-order valence-corrected chi connectivity index (χ2v) is 7.54. The summed E-state index contributed by atoms with van der Waals surface area (Å²) in [5.41, 5.74) is 1.43.